The molecule has 2 amide bonds. The predicted molar refractivity (Wildman–Crippen MR) is 57.7 cm³/mol. The van der Waals surface area contributed by atoms with Gasteiger partial charge in [0.2, 0.25) is 5.91 Å². The summed E-state index contributed by atoms with van der Waals surface area (Å²) in [5, 5.41) is 2.17. The number of hydrogen-bond donors (Lipinski definition) is 1. The lowest BCUT2D eigenvalue weighted by Gasteiger charge is -2.08. The van der Waals surface area contributed by atoms with E-state index in [2.05, 4.69) is 5.32 Å². The Labute approximate surface area is 93.4 Å². The Kier molecular flexibility index (Phi) is 3.88. The third-order valence-corrected chi connectivity index (χ3v) is 1.94. The molecule has 1 aromatic rings. The molecule has 0 unspecified atom stereocenters. The van der Waals surface area contributed by atoms with Crippen molar-refractivity contribution in [2.24, 2.45) is 0 Å². The van der Waals surface area contributed by atoms with Crippen LogP contribution >= 0.6 is 0 Å². The fourth-order valence-electron chi connectivity index (χ4n) is 1.21. The van der Waals surface area contributed by atoms with E-state index < -0.39 is 11.8 Å². The standard InChI is InChI=1S/C11H13NO4/c1-7(13)12-11(14)8-4-5-9(15-2)10(6-8)16-3/h4-6H,1-3H3,(H,12,13,14). The van der Waals surface area contributed by atoms with Crippen molar-refractivity contribution in [2.75, 3.05) is 14.2 Å². The van der Waals surface area contributed by atoms with E-state index >= 15 is 0 Å². The number of carbonyl (C=O) groups is 2. The zero-order chi connectivity index (χ0) is 12.1. The first kappa shape index (κ1) is 12.0. The molecule has 0 radical (unpaired) electrons. The smallest absolute Gasteiger partial charge is 0.257 e. The van der Waals surface area contributed by atoms with Crippen molar-refractivity contribution >= 4 is 11.8 Å². The van der Waals surface area contributed by atoms with E-state index in [0.717, 1.165) is 0 Å². The monoisotopic (exact) mass is 223 g/mol. The normalized spacial score (nSPS) is 9.44. The Morgan fingerprint density at radius 2 is 1.75 bits per heavy atom. The van der Waals surface area contributed by atoms with Gasteiger partial charge in [0.15, 0.2) is 11.5 Å². The van der Waals surface area contributed by atoms with Crippen LogP contribution in [0, 0.1) is 0 Å². The highest BCUT2D eigenvalue weighted by atomic mass is 16.5. The number of amides is 2. The molecule has 0 bridgehead atoms. The van der Waals surface area contributed by atoms with Gasteiger partial charge in [-0.1, -0.05) is 0 Å². The van der Waals surface area contributed by atoms with E-state index in [1.54, 1.807) is 12.1 Å². The minimum atomic E-state index is -0.464. The largest absolute Gasteiger partial charge is 0.493 e. The number of rotatable bonds is 3. The maximum Gasteiger partial charge on any atom is 0.257 e. The minimum Gasteiger partial charge on any atom is -0.493 e. The average molecular weight is 223 g/mol. The highest BCUT2D eigenvalue weighted by Gasteiger charge is 2.11. The highest BCUT2D eigenvalue weighted by Crippen LogP contribution is 2.27. The second-order valence-electron chi connectivity index (χ2n) is 3.08. The molecule has 1 aromatic carbocycles. The van der Waals surface area contributed by atoms with Crippen molar-refractivity contribution < 1.29 is 19.1 Å². The summed E-state index contributed by atoms with van der Waals surface area (Å²) in [6.45, 7) is 1.28. The van der Waals surface area contributed by atoms with Gasteiger partial charge in [-0.25, -0.2) is 0 Å². The topological polar surface area (TPSA) is 64.6 Å². The van der Waals surface area contributed by atoms with Crippen molar-refractivity contribution in [3.63, 3.8) is 0 Å². The van der Waals surface area contributed by atoms with E-state index in [9.17, 15) is 9.59 Å². The van der Waals surface area contributed by atoms with Crippen molar-refractivity contribution in [3.8, 4) is 11.5 Å². The van der Waals surface area contributed by atoms with Gasteiger partial charge in [-0.15, -0.1) is 0 Å². The zero-order valence-corrected chi connectivity index (χ0v) is 9.37. The molecule has 0 atom stereocenters. The van der Waals surface area contributed by atoms with Gasteiger partial charge >= 0.3 is 0 Å². The molecule has 0 aliphatic carbocycles. The number of ether oxygens (including phenoxy) is 2. The van der Waals surface area contributed by atoms with Gasteiger partial charge in [0.1, 0.15) is 0 Å². The molecule has 0 spiro atoms. The molecule has 1 N–H and O–H groups in total. The molecule has 16 heavy (non-hydrogen) atoms. The third-order valence-electron chi connectivity index (χ3n) is 1.94. The van der Waals surface area contributed by atoms with Crippen LogP contribution < -0.4 is 14.8 Å². The van der Waals surface area contributed by atoms with Gasteiger partial charge in [0.05, 0.1) is 14.2 Å². The van der Waals surface area contributed by atoms with Crippen molar-refractivity contribution in [2.45, 2.75) is 6.92 Å². The van der Waals surface area contributed by atoms with Crippen molar-refractivity contribution in [1.29, 1.82) is 0 Å². The van der Waals surface area contributed by atoms with Gasteiger partial charge in [-0.3, -0.25) is 14.9 Å². The highest BCUT2D eigenvalue weighted by molar-refractivity contribution is 6.04. The molecule has 5 nitrogen and oxygen atoms in total. The molecule has 0 aromatic heterocycles. The van der Waals surface area contributed by atoms with Crippen LogP contribution in [-0.4, -0.2) is 26.0 Å². The molecule has 0 saturated carbocycles. The number of nitrogens with one attached hydrogen (secondary N) is 1. The maximum atomic E-state index is 11.5. The predicted octanol–water partition coefficient (Wildman–Crippen LogP) is 0.980. The lowest BCUT2D eigenvalue weighted by atomic mass is 10.2. The molecule has 1 rings (SSSR count). The van der Waals surface area contributed by atoms with Gasteiger partial charge in [-0.2, -0.15) is 0 Å². The van der Waals surface area contributed by atoms with Crippen LogP contribution in [0.15, 0.2) is 18.2 Å². The van der Waals surface area contributed by atoms with Crippen molar-refractivity contribution in [3.05, 3.63) is 23.8 Å². The van der Waals surface area contributed by atoms with Crippen LogP contribution in [0.1, 0.15) is 17.3 Å². The van der Waals surface area contributed by atoms with E-state index in [0.29, 0.717) is 17.1 Å². The second kappa shape index (κ2) is 5.16. The van der Waals surface area contributed by atoms with Crippen LogP contribution in [0.3, 0.4) is 0 Å². The first-order valence-corrected chi connectivity index (χ1v) is 4.62. The number of carbonyl (C=O) groups excluding carboxylic acids is 2. The van der Waals surface area contributed by atoms with Gasteiger partial charge in [-0.05, 0) is 18.2 Å². The summed E-state index contributed by atoms with van der Waals surface area (Å²) < 4.78 is 10.1. The Morgan fingerprint density at radius 3 is 2.25 bits per heavy atom. The lowest BCUT2D eigenvalue weighted by Crippen LogP contribution is -2.27. The van der Waals surface area contributed by atoms with Crippen LogP contribution in [-0.2, 0) is 4.79 Å². The summed E-state index contributed by atoms with van der Waals surface area (Å²) >= 11 is 0. The molecule has 0 saturated heterocycles. The van der Waals surface area contributed by atoms with Crippen LogP contribution in [0.5, 0.6) is 11.5 Å². The third kappa shape index (κ3) is 2.73. The Balaban J connectivity index is 2.98. The number of imide groups is 1. The molecule has 0 aliphatic rings. The first-order chi connectivity index (χ1) is 7.58. The summed E-state index contributed by atoms with van der Waals surface area (Å²) in [6.07, 6.45) is 0. The number of benzene rings is 1. The Morgan fingerprint density at radius 1 is 1.12 bits per heavy atom. The Hall–Kier alpha value is -2.04. The summed E-state index contributed by atoms with van der Waals surface area (Å²) in [5.74, 6) is 0.105. The molecular weight excluding hydrogens is 210 g/mol. The maximum absolute atomic E-state index is 11.5. The molecule has 0 aliphatic heterocycles. The van der Waals surface area contributed by atoms with Crippen LogP contribution in [0.2, 0.25) is 0 Å². The minimum absolute atomic E-state index is 0.341. The molecule has 86 valence electrons. The lowest BCUT2D eigenvalue weighted by molar-refractivity contribution is -0.118. The molecule has 5 heteroatoms. The average Bonchev–Trinajstić information content (AvgIpc) is 2.27. The van der Waals surface area contributed by atoms with Crippen molar-refractivity contribution in [1.82, 2.24) is 5.32 Å². The molecular formula is C11H13NO4. The zero-order valence-electron chi connectivity index (χ0n) is 9.37. The van der Waals surface area contributed by atoms with Gasteiger partial charge < -0.3 is 9.47 Å². The van der Waals surface area contributed by atoms with E-state index in [4.69, 9.17) is 9.47 Å². The quantitative estimate of drug-likeness (QED) is 0.829. The fraction of sp³-hybridized carbons (Fsp3) is 0.273. The fourth-order valence-corrected chi connectivity index (χ4v) is 1.21. The summed E-state index contributed by atoms with van der Waals surface area (Å²) in [4.78, 5) is 22.2. The second-order valence-corrected chi connectivity index (χ2v) is 3.08. The van der Waals surface area contributed by atoms with E-state index in [1.165, 1.54) is 27.2 Å². The summed E-state index contributed by atoms with van der Waals surface area (Å²) in [5.41, 5.74) is 0.341. The summed E-state index contributed by atoms with van der Waals surface area (Å²) in [6, 6.07) is 4.67. The SMILES string of the molecule is COc1ccc(C(=O)NC(C)=O)cc1OC. The summed E-state index contributed by atoms with van der Waals surface area (Å²) in [7, 11) is 2.98. The molecule has 0 fully saturated rings. The van der Waals surface area contributed by atoms with E-state index in [1.807, 2.05) is 0 Å². The number of methoxy groups -OCH3 is 2. The van der Waals surface area contributed by atoms with Gasteiger partial charge in [0, 0.05) is 12.5 Å². The molecule has 0 heterocycles. The van der Waals surface area contributed by atoms with Gasteiger partial charge in [0.25, 0.3) is 5.91 Å². The first-order valence-electron chi connectivity index (χ1n) is 4.62. The van der Waals surface area contributed by atoms with Crippen LogP contribution in [0.25, 0.3) is 0 Å². The number of hydrogen-bond acceptors (Lipinski definition) is 4. The van der Waals surface area contributed by atoms with E-state index in [-0.39, 0.29) is 0 Å². The Bertz CT molecular complexity index is 414. The van der Waals surface area contributed by atoms with Crippen LogP contribution in [0.4, 0.5) is 0 Å².